The number of carbonyl (C=O) groups is 3. The zero-order valence-electron chi connectivity index (χ0n) is 19.8. The van der Waals surface area contributed by atoms with Gasteiger partial charge in [-0.2, -0.15) is 0 Å². The molecule has 1 aliphatic carbocycles. The molecule has 7 nitrogen and oxygen atoms in total. The summed E-state index contributed by atoms with van der Waals surface area (Å²) in [6, 6.07) is 13.9. The van der Waals surface area contributed by atoms with Crippen LogP contribution in [0.2, 0.25) is 0 Å². The van der Waals surface area contributed by atoms with Crippen molar-refractivity contribution >= 4 is 18.0 Å². The van der Waals surface area contributed by atoms with Crippen molar-refractivity contribution in [2.45, 2.75) is 52.1 Å². The molecule has 0 bridgehead atoms. The Hall–Kier alpha value is -3.79. The lowest BCUT2D eigenvalue weighted by Crippen LogP contribution is -2.56. The minimum absolute atomic E-state index is 0.0284. The molecule has 0 spiro atoms. The summed E-state index contributed by atoms with van der Waals surface area (Å²) in [7, 11) is 0. The zero-order chi connectivity index (χ0) is 24.9. The number of alkyl carbamates (subject to hydrolysis) is 1. The third kappa shape index (κ3) is 5.57. The molecular formula is C27H30N2O5. The van der Waals surface area contributed by atoms with Crippen molar-refractivity contribution in [1.29, 1.82) is 0 Å². The summed E-state index contributed by atoms with van der Waals surface area (Å²) in [5, 5.41) is 14.5. The normalized spacial score (nSPS) is 14.0. The summed E-state index contributed by atoms with van der Waals surface area (Å²) >= 11 is 0. The lowest BCUT2D eigenvalue weighted by Gasteiger charge is -2.31. The first-order chi connectivity index (χ1) is 16.1. The molecule has 1 unspecified atom stereocenters. The van der Waals surface area contributed by atoms with Crippen molar-refractivity contribution in [2.24, 2.45) is 5.41 Å². The first-order valence-corrected chi connectivity index (χ1v) is 11.2. The molecule has 1 aliphatic rings. The van der Waals surface area contributed by atoms with E-state index in [1.54, 1.807) is 27.7 Å². The van der Waals surface area contributed by atoms with Gasteiger partial charge >= 0.3 is 12.1 Å². The van der Waals surface area contributed by atoms with Gasteiger partial charge in [0.25, 0.3) is 0 Å². The minimum atomic E-state index is -1.19. The lowest BCUT2D eigenvalue weighted by molar-refractivity contribution is -0.142. The molecule has 178 valence electrons. The fraction of sp³-hybridized carbons (Fsp3) is 0.370. The predicted molar refractivity (Wildman–Crippen MR) is 129 cm³/mol. The number of rotatable bonds is 7. The monoisotopic (exact) mass is 462 g/mol. The van der Waals surface area contributed by atoms with Crippen LogP contribution in [0.4, 0.5) is 4.79 Å². The number of benzene rings is 2. The van der Waals surface area contributed by atoms with Gasteiger partial charge in [0.05, 0.1) is 0 Å². The molecule has 0 fully saturated rings. The lowest BCUT2D eigenvalue weighted by atomic mass is 9.86. The summed E-state index contributed by atoms with van der Waals surface area (Å²) in [4.78, 5) is 37.1. The number of aliphatic carboxylic acids is 1. The molecule has 2 aromatic carbocycles. The number of carboxylic acids is 1. The Morgan fingerprint density at radius 3 is 2.06 bits per heavy atom. The number of carboxylic acid groups (broad SMARTS) is 1. The van der Waals surface area contributed by atoms with E-state index in [2.05, 4.69) is 34.6 Å². The summed E-state index contributed by atoms with van der Waals surface area (Å²) in [6.07, 6.45) is -0.767. The summed E-state index contributed by atoms with van der Waals surface area (Å²) in [6.45, 7) is 7.05. The van der Waals surface area contributed by atoms with Gasteiger partial charge in [-0.15, -0.1) is 11.8 Å². The Labute approximate surface area is 199 Å². The molecule has 2 amide bonds. The van der Waals surface area contributed by atoms with Gasteiger partial charge in [-0.1, -0.05) is 69.3 Å². The van der Waals surface area contributed by atoms with Gasteiger partial charge in [-0.25, -0.2) is 9.59 Å². The van der Waals surface area contributed by atoms with Gasteiger partial charge < -0.3 is 20.5 Å². The van der Waals surface area contributed by atoms with Crippen LogP contribution in [0.3, 0.4) is 0 Å². The van der Waals surface area contributed by atoms with E-state index in [0.29, 0.717) is 0 Å². The summed E-state index contributed by atoms with van der Waals surface area (Å²) in [5.41, 5.74) is 3.73. The molecule has 0 saturated heterocycles. The number of hydrogen-bond donors (Lipinski definition) is 3. The largest absolute Gasteiger partial charge is 0.480 e. The van der Waals surface area contributed by atoms with Gasteiger partial charge in [0.1, 0.15) is 18.7 Å². The zero-order valence-corrected chi connectivity index (χ0v) is 19.8. The Balaban J connectivity index is 1.69. The molecule has 2 atom stereocenters. The quantitative estimate of drug-likeness (QED) is 0.541. The van der Waals surface area contributed by atoms with Crippen LogP contribution in [0.1, 0.15) is 51.2 Å². The van der Waals surface area contributed by atoms with Crippen molar-refractivity contribution in [1.82, 2.24) is 10.6 Å². The van der Waals surface area contributed by atoms with Crippen LogP contribution in [0.5, 0.6) is 0 Å². The summed E-state index contributed by atoms with van der Waals surface area (Å²) < 4.78 is 5.56. The Kier molecular flexibility index (Phi) is 7.62. The molecule has 0 aliphatic heterocycles. The van der Waals surface area contributed by atoms with Crippen LogP contribution < -0.4 is 10.6 Å². The van der Waals surface area contributed by atoms with Crippen molar-refractivity contribution in [3.8, 4) is 23.0 Å². The second-order valence-corrected chi connectivity index (χ2v) is 9.30. The standard InChI is InChI=1S/C27H30N2O5/c1-5-6-15-22(25(31)32)28-24(30)23(27(2,3)4)29-26(33)34-16-21-19-13-9-7-11-17(19)18-12-8-10-14-20(18)21/h7-14,21-23H,15-16H2,1-4H3,(H,28,30)(H,29,33)(H,31,32)/t22?,23-/m1/s1. The maximum absolute atomic E-state index is 12.9. The average molecular weight is 463 g/mol. The van der Waals surface area contributed by atoms with Crippen LogP contribution in [0.15, 0.2) is 48.5 Å². The first kappa shape index (κ1) is 24.8. The summed E-state index contributed by atoms with van der Waals surface area (Å²) in [5.74, 6) is 3.38. The van der Waals surface area contributed by atoms with Crippen LogP contribution in [0, 0.1) is 17.3 Å². The Bertz CT molecular complexity index is 1090. The minimum Gasteiger partial charge on any atom is -0.480 e. The van der Waals surface area contributed by atoms with Crippen LogP contribution in [0.25, 0.3) is 11.1 Å². The molecule has 2 aromatic rings. The molecule has 7 heteroatoms. The Morgan fingerprint density at radius 2 is 1.56 bits per heavy atom. The number of nitrogens with one attached hydrogen (secondary N) is 2. The highest BCUT2D eigenvalue weighted by Crippen LogP contribution is 2.44. The molecule has 0 aromatic heterocycles. The van der Waals surface area contributed by atoms with E-state index in [1.165, 1.54) is 0 Å². The van der Waals surface area contributed by atoms with E-state index in [-0.39, 0.29) is 18.9 Å². The average Bonchev–Trinajstić information content (AvgIpc) is 3.11. The van der Waals surface area contributed by atoms with E-state index >= 15 is 0 Å². The third-order valence-corrected chi connectivity index (χ3v) is 5.83. The molecule has 0 heterocycles. The highest BCUT2D eigenvalue weighted by atomic mass is 16.5. The highest BCUT2D eigenvalue weighted by molar-refractivity contribution is 5.90. The van der Waals surface area contributed by atoms with Gasteiger partial charge in [0.15, 0.2) is 0 Å². The topological polar surface area (TPSA) is 105 Å². The SMILES string of the molecule is CC#CCC(NC(=O)[C@@H](NC(=O)OCC1c2ccccc2-c2ccccc21)C(C)(C)C)C(=O)O. The number of carbonyl (C=O) groups excluding carboxylic acids is 2. The number of ether oxygens (including phenoxy) is 1. The number of amides is 2. The fourth-order valence-electron chi connectivity index (χ4n) is 4.09. The number of hydrogen-bond acceptors (Lipinski definition) is 4. The van der Waals surface area contributed by atoms with Crippen molar-refractivity contribution in [2.75, 3.05) is 6.61 Å². The van der Waals surface area contributed by atoms with Crippen LogP contribution in [-0.4, -0.2) is 41.8 Å². The third-order valence-electron chi connectivity index (χ3n) is 5.83. The predicted octanol–water partition coefficient (Wildman–Crippen LogP) is 3.92. The second-order valence-electron chi connectivity index (χ2n) is 9.30. The van der Waals surface area contributed by atoms with Crippen LogP contribution in [-0.2, 0) is 14.3 Å². The van der Waals surface area contributed by atoms with Crippen molar-refractivity contribution < 1.29 is 24.2 Å². The van der Waals surface area contributed by atoms with Crippen molar-refractivity contribution in [3.05, 3.63) is 59.7 Å². The van der Waals surface area contributed by atoms with E-state index in [4.69, 9.17) is 4.74 Å². The molecule has 3 N–H and O–H groups in total. The van der Waals surface area contributed by atoms with Crippen molar-refractivity contribution in [3.63, 3.8) is 0 Å². The maximum atomic E-state index is 12.9. The van der Waals surface area contributed by atoms with Gasteiger partial charge in [-0.05, 0) is 34.6 Å². The molecular weight excluding hydrogens is 432 g/mol. The molecule has 3 rings (SSSR count). The molecule has 34 heavy (non-hydrogen) atoms. The molecule has 0 radical (unpaired) electrons. The van der Waals surface area contributed by atoms with E-state index < -0.39 is 35.5 Å². The van der Waals surface area contributed by atoms with Gasteiger partial charge in [0, 0.05) is 12.3 Å². The highest BCUT2D eigenvalue weighted by Gasteiger charge is 2.36. The van der Waals surface area contributed by atoms with E-state index in [0.717, 1.165) is 22.3 Å². The maximum Gasteiger partial charge on any atom is 0.407 e. The fourth-order valence-corrected chi connectivity index (χ4v) is 4.09. The van der Waals surface area contributed by atoms with Crippen LogP contribution >= 0.6 is 0 Å². The Morgan fingerprint density at radius 1 is 1.00 bits per heavy atom. The number of fused-ring (bicyclic) bond motifs is 3. The molecule has 0 saturated carbocycles. The second kappa shape index (κ2) is 10.4. The first-order valence-electron chi connectivity index (χ1n) is 11.2. The van der Waals surface area contributed by atoms with E-state index in [9.17, 15) is 19.5 Å². The smallest absolute Gasteiger partial charge is 0.407 e. The van der Waals surface area contributed by atoms with E-state index in [1.807, 2.05) is 36.4 Å². The van der Waals surface area contributed by atoms with Gasteiger partial charge in [0.2, 0.25) is 5.91 Å². The van der Waals surface area contributed by atoms with Gasteiger partial charge in [-0.3, -0.25) is 4.79 Å².